The lowest BCUT2D eigenvalue weighted by Crippen LogP contribution is -2.40. The number of ether oxygens (including phenoxy) is 1. The summed E-state index contributed by atoms with van der Waals surface area (Å²) in [5.41, 5.74) is 3.21. The fraction of sp³-hybridized carbons (Fsp3) is 0.455. The van der Waals surface area contributed by atoms with E-state index in [1.807, 2.05) is 0 Å². The Morgan fingerprint density at radius 1 is 1.35 bits per heavy atom. The lowest BCUT2D eigenvalue weighted by atomic mass is 10.1. The van der Waals surface area contributed by atoms with Crippen LogP contribution in [0.2, 0.25) is 0 Å². The molecule has 0 spiro atoms. The van der Waals surface area contributed by atoms with Gasteiger partial charge in [-0.2, -0.15) is 13.2 Å². The molecular weight excluding hydrogens is 235 g/mol. The van der Waals surface area contributed by atoms with Gasteiger partial charge in [0.25, 0.3) is 0 Å². The van der Waals surface area contributed by atoms with E-state index >= 15 is 0 Å². The van der Waals surface area contributed by atoms with E-state index in [1.165, 1.54) is 19.1 Å². The molecule has 1 aromatic rings. The quantitative estimate of drug-likeness (QED) is 0.855. The molecule has 1 rings (SSSR count). The minimum absolute atomic E-state index is 0.0358. The second kappa shape index (κ2) is 4.93. The van der Waals surface area contributed by atoms with Crippen molar-refractivity contribution < 1.29 is 23.0 Å². The predicted molar refractivity (Wildman–Crippen MR) is 56.6 cm³/mol. The smallest absolute Gasteiger partial charge is 0.416 e. The van der Waals surface area contributed by atoms with Crippen LogP contribution in [0.5, 0.6) is 5.75 Å². The molecule has 17 heavy (non-hydrogen) atoms. The number of aliphatic hydroxyl groups is 1. The van der Waals surface area contributed by atoms with Crippen molar-refractivity contribution in [1.82, 2.24) is 0 Å². The maximum absolute atomic E-state index is 12.4. The zero-order valence-electron chi connectivity index (χ0n) is 9.29. The summed E-state index contributed by atoms with van der Waals surface area (Å²) < 4.78 is 42.2. The van der Waals surface area contributed by atoms with Crippen LogP contribution < -0.4 is 10.5 Å². The lowest BCUT2D eigenvalue weighted by molar-refractivity contribution is -0.137. The van der Waals surface area contributed by atoms with Crippen molar-refractivity contribution in [2.45, 2.75) is 18.7 Å². The van der Waals surface area contributed by atoms with Crippen LogP contribution in [-0.2, 0) is 6.18 Å². The average molecular weight is 249 g/mol. The van der Waals surface area contributed by atoms with Gasteiger partial charge in [-0.15, -0.1) is 0 Å². The standard InChI is InChI=1S/C11H14F3NO2/c1-10(16,6-15)7-17-9-4-2-3-8(5-9)11(12,13)14/h2-5,16H,6-7,15H2,1H3. The van der Waals surface area contributed by atoms with Crippen molar-refractivity contribution in [1.29, 1.82) is 0 Å². The summed E-state index contributed by atoms with van der Waals surface area (Å²) >= 11 is 0. The van der Waals surface area contributed by atoms with Crippen LogP contribution in [0.3, 0.4) is 0 Å². The minimum atomic E-state index is -4.41. The number of nitrogens with two attached hydrogens (primary N) is 1. The minimum Gasteiger partial charge on any atom is -0.491 e. The Balaban J connectivity index is 2.74. The van der Waals surface area contributed by atoms with E-state index in [1.54, 1.807) is 0 Å². The first-order chi connectivity index (χ1) is 7.74. The molecule has 3 nitrogen and oxygen atoms in total. The first-order valence-corrected chi connectivity index (χ1v) is 4.97. The van der Waals surface area contributed by atoms with Crippen LogP contribution in [0.25, 0.3) is 0 Å². The highest BCUT2D eigenvalue weighted by Gasteiger charge is 2.30. The summed E-state index contributed by atoms with van der Waals surface area (Å²) in [6.07, 6.45) is -4.41. The lowest BCUT2D eigenvalue weighted by Gasteiger charge is -2.21. The Labute approximate surface area is 97.0 Å². The molecule has 1 atom stereocenters. The largest absolute Gasteiger partial charge is 0.491 e. The average Bonchev–Trinajstić information content (AvgIpc) is 2.26. The van der Waals surface area contributed by atoms with Gasteiger partial charge < -0.3 is 15.6 Å². The topological polar surface area (TPSA) is 55.5 Å². The molecule has 0 bridgehead atoms. The number of hydrogen-bond donors (Lipinski definition) is 2. The van der Waals surface area contributed by atoms with Gasteiger partial charge in [-0.1, -0.05) is 6.07 Å². The maximum atomic E-state index is 12.4. The van der Waals surface area contributed by atoms with Crippen LogP contribution in [0.1, 0.15) is 12.5 Å². The van der Waals surface area contributed by atoms with Crippen molar-refractivity contribution >= 4 is 0 Å². The fourth-order valence-electron chi connectivity index (χ4n) is 1.06. The van der Waals surface area contributed by atoms with E-state index in [0.29, 0.717) is 0 Å². The Kier molecular flexibility index (Phi) is 4.00. The molecule has 0 aliphatic carbocycles. The van der Waals surface area contributed by atoms with Gasteiger partial charge in [-0.25, -0.2) is 0 Å². The van der Waals surface area contributed by atoms with Gasteiger partial charge >= 0.3 is 6.18 Å². The summed E-state index contributed by atoms with van der Waals surface area (Å²) in [5.74, 6) is 0.0496. The molecule has 1 aromatic carbocycles. The summed E-state index contributed by atoms with van der Waals surface area (Å²) in [5, 5.41) is 9.54. The number of alkyl halides is 3. The van der Waals surface area contributed by atoms with Crippen LogP contribution in [0.4, 0.5) is 13.2 Å². The van der Waals surface area contributed by atoms with Crippen LogP contribution >= 0.6 is 0 Å². The van der Waals surface area contributed by atoms with Crippen molar-refractivity contribution in [3.05, 3.63) is 29.8 Å². The summed E-state index contributed by atoms with van der Waals surface area (Å²) in [6, 6.07) is 4.47. The SMILES string of the molecule is CC(O)(CN)COc1cccc(C(F)(F)F)c1. The van der Waals surface area contributed by atoms with Crippen molar-refractivity contribution in [3.63, 3.8) is 0 Å². The predicted octanol–water partition coefficient (Wildman–Crippen LogP) is 1.79. The molecule has 0 saturated carbocycles. The van der Waals surface area contributed by atoms with Gasteiger partial charge in [0.15, 0.2) is 0 Å². The molecule has 0 saturated heterocycles. The Morgan fingerprint density at radius 2 is 2.00 bits per heavy atom. The molecule has 6 heteroatoms. The van der Waals surface area contributed by atoms with Gasteiger partial charge in [0.1, 0.15) is 18.0 Å². The van der Waals surface area contributed by atoms with E-state index in [2.05, 4.69) is 0 Å². The Bertz CT molecular complexity index is 377. The molecule has 0 aliphatic rings. The molecule has 1 unspecified atom stereocenters. The highest BCUT2D eigenvalue weighted by Crippen LogP contribution is 2.31. The van der Waals surface area contributed by atoms with E-state index in [-0.39, 0.29) is 18.9 Å². The first kappa shape index (κ1) is 13.8. The Hall–Kier alpha value is -1.27. The van der Waals surface area contributed by atoms with Gasteiger partial charge in [0, 0.05) is 6.54 Å². The molecule has 0 aliphatic heterocycles. The van der Waals surface area contributed by atoms with Crippen molar-refractivity contribution in [3.8, 4) is 5.75 Å². The summed E-state index contributed by atoms with van der Waals surface area (Å²) in [6.45, 7) is 1.25. The maximum Gasteiger partial charge on any atom is 0.416 e. The van der Waals surface area contributed by atoms with Crippen molar-refractivity contribution in [2.24, 2.45) is 5.73 Å². The summed E-state index contributed by atoms with van der Waals surface area (Å²) in [7, 11) is 0. The van der Waals surface area contributed by atoms with Gasteiger partial charge in [-0.3, -0.25) is 0 Å². The number of benzene rings is 1. The zero-order chi connectivity index (χ0) is 13.1. The van der Waals surface area contributed by atoms with Gasteiger partial charge in [-0.05, 0) is 25.1 Å². The second-order valence-electron chi connectivity index (χ2n) is 4.02. The number of hydrogen-bond acceptors (Lipinski definition) is 3. The molecule has 0 radical (unpaired) electrons. The highest BCUT2D eigenvalue weighted by molar-refractivity contribution is 5.30. The monoisotopic (exact) mass is 249 g/mol. The second-order valence-corrected chi connectivity index (χ2v) is 4.02. The molecule has 96 valence electrons. The molecule has 3 N–H and O–H groups in total. The van der Waals surface area contributed by atoms with E-state index in [4.69, 9.17) is 10.5 Å². The third-order valence-corrected chi connectivity index (χ3v) is 2.15. The number of halogens is 3. The molecule has 0 fully saturated rings. The van der Waals surface area contributed by atoms with Gasteiger partial charge in [0.2, 0.25) is 0 Å². The normalized spacial score (nSPS) is 15.4. The van der Waals surface area contributed by atoms with E-state index in [0.717, 1.165) is 12.1 Å². The molecular formula is C11H14F3NO2. The third kappa shape index (κ3) is 4.24. The van der Waals surface area contributed by atoms with Crippen LogP contribution in [0.15, 0.2) is 24.3 Å². The summed E-state index contributed by atoms with van der Waals surface area (Å²) in [4.78, 5) is 0. The van der Waals surface area contributed by atoms with Crippen LogP contribution in [-0.4, -0.2) is 23.9 Å². The Morgan fingerprint density at radius 3 is 2.53 bits per heavy atom. The van der Waals surface area contributed by atoms with Crippen LogP contribution in [0, 0.1) is 0 Å². The molecule has 0 heterocycles. The number of rotatable bonds is 4. The van der Waals surface area contributed by atoms with Gasteiger partial charge in [0.05, 0.1) is 5.56 Å². The van der Waals surface area contributed by atoms with Crippen molar-refractivity contribution in [2.75, 3.05) is 13.2 Å². The zero-order valence-corrected chi connectivity index (χ0v) is 9.29. The van der Waals surface area contributed by atoms with E-state index in [9.17, 15) is 18.3 Å². The molecule has 0 amide bonds. The third-order valence-electron chi connectivity index (χ3n) is 2.15. The fourth-order valence-corrected chi connectivity index (χ4v) is 1.06. The molecule has 0 aromatic heterocycles. The van der Waals surface area contributed by atoms with E-state index < -0.39 is 17.3 Å². The first-order valence-electron chi connectivity index (χ1n) is 4.97. The highest BCUT2D eigenvalue weighted by atomic mass is 19.4.